The average molecular weight is 365 g/mol. The van der Waals surface area contributed by atoms with Crippen LogP contribution in [0.2, 0.25) is 0 Å². The number of esters is 1. The van der Waals surface area contributed by atoms with Gasteiger partial charge in [0, 0.05) is 34.4 Å². The summed E-state index contributed by atoms with van der Waals surface area (Å²) in [5.41, 5.74) is 1.44. The standard InChI is InChI=1S/C19H27NO6/c1-20(2)18(21)9-7-14-10-16(25-5)8-6-15(14)11-19(22)26-17(12-23-3)13-24-4/h6-10,17H,11-13H2,1-5H3/b9-7+. The van der Waals surface area contributed by atoms with Gasteiger partial charge in [-0.05, 0) is 29.3 Å². The van der Waals surface area contributed by atoms with Crippen LogP contribution in [0.15, 0.2) is 24.3 Å². The summed E-state index contributed by atoms with van der Waals surface area (Å²) in [4.78, 5) is 25.5. The van der Waals surface area contributed by atoms with Crippen LogP contribution in [-0.2, 0) is 30.2 Å². The normalized spacial score (nSPS) is 11.0. The fourth-order valence-corrected chi connectivity index (χ4v) is 2.20. The molecule has 0 atom stereocenters. The summed E-state index contributed by atoms with van der Waals surface area (Å²) in [6.07, 6.45) is 2.70. The van der Waals surface area contributed by atoms with Crippen LogP contribution in [0.5, 0.6) is 5.75 Å². The molecule has 0 aliphatic rings. The number of likely N-dealkylation sites (N-methyl/N-ethyl adjacent to an activating group) is 1. The SMILES string of the molecule is COCC(COC)OC(=O)Cc1ccc(OC)cc1/C=C/C(=O)N(C)C. The van der Waals surface area contributed by atoms with E-state index in [9.17, 15) is 9.59 Å². The van der Waals surface area contributed by atoms with Crippen molar-refractivity contribution in [3.63, 3.8) is 0 Å². The van der Waals surface area contributed by atoms with Crippen LogP contribution >= 0.6 is 0 Å². The maximum atomic E-state index is 12.3. The van der Waals surface area contributed by atoms with Crippen molar-refractivity contribution in [3.8, 4) is 5.75 Å². The monoisotopic (exact) mass is 365 g/mol. The predicted octanol–water partition coefficient (Wildman–Crippen LogP) is 1.54. The molecule has 26 heavy (non-hydrogen) atoms. The number of carbonyl (C=O) groups excluding carboxylic acids is 2. The van der Waals surface area contributed by atoms with Crippen molar-refractivity contribution in [2.24, 2.45) is 0 Å². The van der Waals surface area contributed by atoms with Crippen LogP contribution in [0.4, 0.5) is 0 Å². The Balaban J connectivity index is 2.93. The Morgan fingerprint density at radius 1 is 1.12 bits per heavy atom. The smallest absolute Gasteiger partial charge is 0.310 e. The minimum Gasteiger partial charge on any atom is -0.497 e. The minimum absolute atomic E-state index is 0.0593. The Bertz CT molecular complexity index is 620. The first-order chi connectivity index (χ1) is 12.4. The molecule has 0 unspecified atom stereocenters. The molecule has 7 heteroatoms. The predicted molar refractivity (Wildman–Crippen MR) is 98.1 cm³/mol. The highest BCUT2D eigenvalue weighted by molar-refractivity contribution is 5.91. The van der Waals surface area contributed by atoms with Crippen LogP contribution in [0.1, 0.15) is 11.1 Å². The quantitative estimate of drug-likeness (QED) is 0.463. The van der Waals surface area contributed by atoms with Gasteiger partial charge in [0.1, 0.15) is 11.9 Å². The number of methoxy groups -OCH3 is 3. The lowest BCUT2D eigenvalue weighted by Crippen LogP contribution is -2.28. The average Bonchev–Trinajstić information content (AvgIpc) is 2.60. The third-order valence-corrected chi connectivity index (χ3v) is 3.54. The zero-order valence-corrected chi connectivity index (χ0v) is 16.0. The second-order valence-electron chi connectivity index (χ2n) is 5.83. The molecule has 0 saturated carbocycles. The Labute approximate surface area is 154 Å². The topological polar surface area (TPSA) is 74.3 Å². The van der Waals surface area contributed by atoms with E-state index >= 15 is 0 Å². The Hall–Kier alpha value is -2.38. The molecule has 1 amide bonds. The molecule has 144 valence electrons. The highest BCUT2D eigenvalue weighted by Crippen LogP contribution is 2.20. The Morgan fingerprint density at radius 2 is 1.77 bits per heavy atom. The summed E-state index contributed by atoms with van der Waals surface area (Å²) in [6, 6.07) is 5.31. The summed E-state index contributed by atoms with van der Waals surface area (Å²) in [5.74, 6) is 0.0835. The number of benzene rings is 1. The molecule has 0 aliphatic heterocycles. The molecule has 0 saturated heterocycles. The summed E-state index contributed by atoms with van der Waals surface area (Å²) in [7, 11) is 7.96. The van der Waals surface area contributed by atoms with Crippen LogP contribution in [0, 0.1) is 0 Å². The molecule has 0 aliphatic carbocycles. The molecular weight excluding hydrogens is 338 g/mol. The van der Waals surface area contributed by atoms with E-state index in [1.165, 1.54) is 25.2 Å². The number of rotatable bonds is 10. The molecule has 0 N–H and O–H groups in total. The van der Waals surface area contributed by atoms with Gasteiger partial charge in [-0.1, -0.05) is 6.07 Å². The molecule has 1 aromatic rings. The summed E-state index contributed by atoms with van der Waals surface area (Å²) >= 11 is 0. The van der Waals surface area contributed by atoms with E-state index in [1.807, 2.05) is 0 Å². The summed E-state index contributed by atoms with van der Waals surface area (Å²) in [5, 5.41) is 0. The summed E-state index contributed by atoms with van der Waals surface area (Å²) in [6.45, 7) is 0.512. The molecular formula is C19H27NO6. The lowest BCUT2D eigenvalue weighted by atomic mass is 10.0. The van der Waals surface area contributed by atoms with Crippen molar-refractivity contribution in [2.45, 2.75) is 12.5 Å². The largest absolute Gasteiger partial charge is 0.497 e. The van der Waals surface area contributed by atoms with Crippen molar-refractivity contribution in [1.29, 1.82) is 0 Å². The van der Waals surface area contributed by atoms with Gasteiger partial charge in [-0.25, -0.2) is 0 Å². The minimum atomic E-state index is -0.468. The van der Waals surface area contributed by atoms with Crippen molar-refractivity contribution < 1.29 is 28.5 Å². The van der Waals surface area contributed by atoms with E-state index in [-0.39, 0.29) is 25.5 Å². The molecule has 0 spiro atoms. The zero-order valence-electron chi connectivity index (χ0n) is 16.0. The van der Waals surface area contributed by atoms with Gasteiger partial charge in [0.15, 0.2) is 0 Å². The summed E-state index contributed by atoms with van der Waals surface area (Å²) < 4.78 is 20.7. The second kappa shape index (κ2) is 11.3. The van der Waals surface area contributed by atoms with Gasteiger partial charge in [0.2, 0.25) is 5.91 Å². The first-order valence-electron chi connectivity index (χ1n) is 8.14. The highest BCUT2D eigenvalue weighted by Gasteiger charge is 2.16. The fraction of sp³-hybridized carbons (Fsp3) is 0.474. The van der Waals surface area contributed by atoms with Gasteiger partial charge in [-0.3, -0.25) is 9.59 Å². The highest BCUT2D eigenvalue weighted by atomic mass is 16.6. The van der Waals surface area contributed by atoms with E-state index < -0.39 is 12.1 Å². The van der Waals surface area contributed by atoms with Gasteiger partial charge >= 0.3 is 5.97 Å². The van der Waals surface area contributed by atoms with Gasteiger partial charge in [0.25, 0.3) is 0 Å². The van der Waals surface area contributed by atoms with E-state index in [0.717, 1.165) is 5.56 Å². The number of nitrogens with zero attached hydrogens (tertiary/aromatic N) is 1. The molecule has 0 bridgehead atoms. The third kappa shape index (κ3) is 7.25. The number of hydrogen-bond donors (Lipinski definition) is 0. The molecule has 0 fully saturated rings. The number of ether oxygens (including phenoxy) is 4. The number of hydrogen-bond acceptors (Lipinski definition) is 6. The molecule has 7 nitrogen and oxygen atoms in total. The number of carbonyl (C=O) groups is 2. The lowest BCUT2D eigenvalue weighted by Gasteiger charge is -2.17. The fourth-order valence-electron chi connectivity index (χ4n) is 2.20. The maximum Gasteiger partial charge on any atom is 0.310 e. The maximum absolute atomic E-state index is 12.3. The lowest BCUT2D eigenvalue weighted by molar-refractivity contribution is -0.153. The Kier molecular flexibility index (Phi) is 9.40. The van der Waals surface area contributed by atoms with Crippen molar-refractivity contribution in [3.05, 3.63) is 35.4 Å². The third-order valence-electron chi connectivity index (χ3n) is 3.54. The van der Waals surface area contributed by atoms with Crippen molar-refractivity contribution in [1.82, 2.24) is 4.90 Å². The van der Waals surface area contributed by atoms with Crippen LogP contribution in [0.25, 0.3) is 6.08 Å². The van der Waals surface area contributed by atoms with Gasteiger partial charge in [0.05, 0.1) is 26.7 Å². The van der Waals surface area contributed by atoms with E-state index in [2.05, 4.69) is 0 Å². The molecule has 1 rings (SSSR count). The van der Waals surface area contributed by atoms with Gasteiger partial charge in [-0.15, -0.1) is 0 Å². The van der Waals surface area contributed by atoms with Crippen molar-refractivity contribution in [2.75, 3.05) is 48.6 Å². The first kappa shape index (κ1) is 21.7. The molecule has 1 aromatic carbocycles. The van der Waals surface area contributed by atoms with Crippen LogP contribution in [0.3, 0.4) is 0 Å². The molecule has 0 heterocycles. The van der Waals surface area contributed by atoms with E-state index in [0.29, 0.717) is 11.3 Å². The zero-order chi connectivity index (χ0) is 19.5. The van der Waals surface area contributed by atoms with E-state index in [1.54, 1.807) is 45.5 Å². The molecule has 0 radical (unpaired) electrons. The van der Waals surface area contributed by atoms with Crippen molar-refractivity contribution >= 4 is 18.0 Å². The second-order valence-corrected chi connectivity index (χ2v) is 5.83. The van der Waals surface area contributed by atoms with Gasteiger partial charge in [-0.2, -0.15) is 0 Å². The first-order valence-corrected chi connectivity index (χ1v) is 8.14. The Morgan fingerprint density at radius 3 is 2.31 bits per heavy atom. The number of amides is 1. The molecule has 0 aromatic heterocycles. The van der Waals surface area contributed by atoms with Crippen LogP contribution in [-0.4, -0.2) is 71.5 Å². The van der Waals surface area contributed by atoms with Crippen LogP contribution < -0.4 is 4.74 Å². The van der Waals surface area contributed by atoms with Gasteiger partial charge < -0.3 is 23.8 Å². The van der Waals surface area contributed by atoms with E-state index in [4.69, 9.17) is 18.9 Å².